The largest absolute Gasteiger partial charge is 0.349 e. The van der Waals surface area contributed by atoms with E-state index in [1.807, 2.05) is 12.1 Å². The molecule has 0 aliphatic heterocycles. The normalized spacial score (nSPS) is 15.0. The molecule has 2 aromatic carbocycles. The van der Waals surface area contributed by atoms with Crippen molar-refractivity contribution < 1.29 is 4.79 Å². The van der Waals surface area contributed by atoms with Crippen LogP contribution in [0, 0.1) is 0 Å². The molecule has 0 spiro atoms. The highest BCUT2D eigenvalue weighted by atomic mass is 35.5. The number of aromatic nitrogens is 2. The number of hydrogen-bond acceptors (Lipinski definition) is 2. The van der Waals surface area contributed by atoms with Gasteiger partial charge in [-0.3, -0.25) is 4.79 Å². The average molecular weight is 463 g/mol. The first-order valence-electron chi connectivity index (χ1n) is 10.1. The Labute approximate surface area is 191 Å². The van der Waals surface area contributed by atoms with Crippen LogP contribution in [0.2, 0.25) is 15.1 Å². The number of hydrogen-bond donors (Lipinski definition) is 1. The molecule has 0 unspecified atom stereocenters. The van der Waals surface area contributed by atoms with E-state index >= 15 is 0 Å². The predicted octanol–water partition coefficient (Wildman–Crippen LogP) is 6.95. The van der Waals surface area contributed by atoms with Gasteiger partial charge in [0.1, 0.15) is 0 Å². The van der Waals surface area contributed by atoms with Crippen LogP contribution >= 0.6 is 34.8 Å². The monoisotopic (exact) mass is 461 g/mol. The molecule has 156 valence electrons. The molecular formula is C23H22Cl3N3O. The van der Waals surface area contributed by atoms with Crippen LogP contribution < -0.4 is 5.32 Å². The van der Waals surface area contributed by atoms with Gasteiger partial charge in [0.05, 0.1) is 28.2 Å². The Morgan fingerprint density at radius 2 is 1.60 bits per heavy atom. The average Bonchev–Trinajstić information content (AvgIpc) is 2.99. The third kappa shape index (κ3) is 4.66. The standard InChI is InChI=1S/C23H22Cl3N3O/c24-16-9-7-15(8-10-16)22-19(23(30)28-18-5-3-1-2-4-6-18)14-27-29(22)21-12-11-17(25)13-20(21)26/h7-14,18H,1-6H2,(H,28,30). The fourth-order valence-electron chi connectivity index (χ4n) is 3.92. The molecule has 0 atom stereocenters. The highest BCUT2D eigenvalue weighted by Crippen LogP contribution is 2.32. The second-order valence-electron chi connectivity index (χ2n) is 7.58. The number of nitrogens with zero attached hydrogens (tertiary/aromatic N) is 2. The minimum Gasteiger partial charge on any atom is -0.349 e. The first kappa shape index (κ1) is 21.2. The summed E-state index contributed by atoms with van der Waals surface area (Å²) in [6, 6.07) is 12.8. The lowest BCUT2D eigenvalue weighted by molar-refractivity contribution is 0.0934. The van der Waals surface area contributed by atoms with E-state index in [-0.39, 0.29) is 11.9 Å². The summed E-state index contributed by atoms with van der Waals surface area (Å²) >= 11 is 18.6. The van der Waals surface area contributed by atoms with Crippen molar-refractivity contribution in [3.05, 3.63) is 69.3 Å². The Kier molecular flexibility index (Phi) is 6.67. The van der Waals surface area contributed by atoms with E-state index in [9.17, 15) is 4.79 Å². The number of amides is 1. The van der Waals surface area contributed by atoms with Crippen LogP contribution in [0.1, 0.15) is 48.9 Å². The van der Waals surface area contributed by atoms with Crippen molar-refractivity contribution in [2.24, 2.45) is 0 Å². The van der Waals surface area contributed by atoms with E-state index in [2.05, 4.69) is 10.4 Å². The van der Waals surface area contributed by atoms with Crippen LogP contribution in [0.15, 0.2) is 48.7 Å². The molecule has 30 heavy (non-hydrogen) atoms. The van der Waals surface area contributed by atoms with E-state index in [1.165, 1.54) is 12.8 Å². The van der Waals surface area contributed by atoms with Gasteiger partial charge in [-0.25, -0.2) is 4.68 Å². The maximum atomic E-state index is 13.2. The molecule has 0 radical (unpaired) electrons. The van der Waals surface area contributed by atoms with Gasteiger partial charge < -0.3 is 5.32 Å². The van der Waals surface area contributed by atoms with Crippen molar-refractivity contribution in [1.82, 2.24) is 15.1 Å². The molecule has 1 aliphatic carbocycles. The van der Waals surface area contributed by atoms with Gasteiger partial charge in [0.2, 0.25) is 0 Å². The van der Waals surface area contributed by atoms with Crippen LogP contribution in [-0.2, 0) is 0 Å². The summed E-state index contributed by atoms with van der Waals surface area (Å²) in [6.45, 7) is 0. The smallest absolute Gasteiger partial charge is 0.255 e. The van der Waals surface area contributed by atoms with Crippen LogP contribution in [0.4, 0.5) is 0 Å². The second-order valence-corrected chi connectivity index (χ2v) is 8.86. The second kappa shape index (κ2) is 9.42. The molecule has 4 rings (SSSR count). The van der Waals surface area contributed by atoms with Crippen molar-refractivity contribution >= 4 is 40.7 Å². The number of halogens is 3. The minimum absolute atomic E-state index is 0.122. The number of benzene rings is 2. The highest BCUT2D eigenvalue weighted by Gasteiger charge is 2.23. The molecule has 1 heterocycles. The fraction of sp³-hybridized carbons (Fsp3) is 0.304. The molecule has 1 N–H and O–H groups in total. The van der Waals surface area contributed by atoms with E-state index in [4.69, 9.17) is 34.8 Å². The zero-order valence-corrected chi connectivity index (χ0v) is 18.6. The van der Waals surface area contributed by atoms with Crippen molar-refractivity contribution in [3.8, 4) is 16.9 Å². The summed E-state index contributed by atoms with van der Waals surface area (Å²) in [7, 11) is 0. The Morgan fingerprint density at radius 1 is 0.933 bits per heavy atom. The number of nitrogens with one attached hydrogen (secondary N) is 1. The quantitative estimate of drug-likeness (QED) is 0.426. The van der Waals surface area contributed by atoms with Crippen molar-refractivity contribution in [2.45, 2.75) is 44.6 Å². The molecule has 1 amide bonds. The van der Waals surface area contributed by atoms with Gasteiger partial charge >= 0.3 is 0 Å². The summed E-state index contributed by atoms with van der Waals surface area (Å²) in [6.07, 6.45) is 8.38. The van der Waals surface area contributed by atoms with Crippen LogP contribution in [0.3, 0.4) is 0 Å². The lowest BCUT2D eigenvalue weighted by Gasteiger charge is -2.17. The fourth-order valence-corrected chi connectivity index (χ4v) is 4.54. The van der Waals surface area contributed by atoms with E-state index in [0.717, 1.165) is 31.2 Å². The van der Waals surface area contributed by atoms with Gasteiger partial charge in [-0.1, -0.05) is 72.6 Å². The molecule has 3 aromatic rings. The van der Waals surface area contributed by atoms with Crippen LogP contribution in [0.5, 0.6) is 0 Å². The summed E-state index contributed by atoms with van der Waals surface area (Å²) in [5.41, 5.74) is 2.66. The predicted molar refractivity (Wildman–Crippen MR) is 123 cm³/mol. The van der Waals surface area contributed by atoms with E-state index < -0.39 is 0 Å². The Bertz CT molecular complexity index is 1040. The Morgan fingerprint density at radius 3 is 2.27 bits per heavy atom. The summed E-state index contributed by atoms with van der Waals surface area (Å²) in [4.78, 5) is 13.2. The third-order valence-electron chi connectivity index (χ3n) is 5.46. The molecule has 0 bridgehead atoms. The van der Waals surface area contributed by atoms with Crippen molar-refractivity contribution in [1.29, 1.82) is 0 Å². The van der Waals surface area contributed by atoms with Gasteiger partial charge in [-0.15, -0.1) is 0 Å². The molecule has 1 aromatic heterocycles. The molecule has 1 aliphatic rings. The van der Waals surface area contributed by atoms with Crippen molar-refractivity contribution in [3.63, 3.8) is 0 Å². The lowest BCUT2D eigenvalue weighted by atomic mass is 10.1. The van der Waals surface area contributed by atoms with Crippen LogP contribution in [-0.4, -0.2) is 21.7 Å². The molecule has 1 fully saturated rings. The zero-order chi connectivity index (χ0) is 21.1. The van der Waals surface area contributed by atoms with Crippen molar-refractivity contribution in [2.75, 3.05) is 0 Å². The molecule has 0 saturated heterocycles. The molecule has 4 nitrogen and oxygen atoms in total. The topological polar surface area (TPSA) is 46.9 Å². The number of carbonyl (C=O) groups is 1. The molecular weight excluding hydrogens is 441 g/mol. The SMILES string of the molecule is O=C(NC1CCCCCC1)c1cnn(-c2ccc(Cl)cc2Cl)c1-c1ccc(Cl)cc1. The number of carbonyl (C=O) groups excluding carboxylic acids is 1. The summed E-state index contributed by atoms with van der Waals surface area (Å²) in [5, 5.41) is 9.33. The minimum atomic E-state index is -0.122. The summed E-state index contributed by atoms with van der Waals surface area (Å²) < 4.78 is 1.68. The van der Waals surface area contributed by atoms with Crippen LogP contribution in [0.25, 0.3) is 16.9 Å². The zero-order valence-electron chi connectivity index (χ0n) is 16.4. The maximum absolute atomic E-state index is 13.2. The highest BCUT2D eigenvalue weighted by molar-refractivity contribution is 6.35. The van der Waals surface area contributed by atoms with Gasteiger partial charge in [0, 0.05) is 21.7 Å². The Hall–Kier alpha value is -2.01. The maximum Gasteiger partial charge on any atom is 0.255 e. The first-order valence-corrected chi connectivity index (χ1v) is 11.3. The van der Waals surface area contributed by atoms with E-state index in [1.54, 1.807) is 41.2 Å². The molecule has 7 heteroatoms. The van der Waals surface area contributed by atoms with Gasteiger partial charge in [-0.05, 0) is 43.2 Å². The summed E-state index contributed by atoms with van der Waals surface area (Å²) in [5.74, 6) is -0.122. The van der Waals surface area contributed by atoms with E-state index in [0.29, 0.717) is 32.0 Å². The Balaban J connectivity index is 1.75. The first-order chi connectivity index (χ1) is 14.5. The number of rotatable bonds is 4. The third-order valence-corrected chi connectivity index (χ3v) is 6.25. The van der Waals surface area contributed by atoms with Gasteiger partial charge in [0.25, 0.3) is 5.91 Å². The van der Waals surface area contributed by atoms with Gasteiger partial charge in [0.15, 0.2) is 0 Å². The molecule has 1 saturated carbocycles. The lowest BCUT2D eigenvalue weighted by Crippen LogP contribution is -2.34. The van der Waals surface area contributed by atoms with Gasteiger partial charge in [-0.2, -0.15) is 5.10 Å².